The van der Waals surface area contributed by atoms with Crippen LogP contribution in [0.4, 0.5) is 5.82 Å². The summed E-state index contributed by atoms with van der Waals surface area (Å²) in [5, 5.41) is 12.2. The maximum Gasteiger partial charge on any atom is 0.185 e. The maximum absolute atomic E-state index is 8.63. The molecule has 0 radical (unpaired) electrons. The molecule has 4 nitrogen and oxygen atoms in total. The van der Waals surface area contributed by atoms with Crippen molar-refractivity contribution in [3.8, 4) is 6.07 Å². The van der Waals surface area contributed by atoms with Crippen molar-refractivity contribution in [3.63, 3.8) is 0 Å². The minimum Gasteiger partial charge on any atom is -0.380 e. The molecule has 1 aromatic heterocycles. The van der Waals surface area contributed by atoms with Gasteiger partial charge in [-0.05, 0) is 12.8 Å². The molecular weight excluding hydrogens is 142 g/mol. The van der Waals surface area contributed by atoms with E-state index in [-0.39, 0.29) is 5.82 Å². The van der Waals surface area contributed by atoms with Crippen molar-refractivity contribution >= 4 is 5.82 Å². The molecule has 4 heteroatoms. The van der Waals surface area contributed by atoms with Crippen LogP contribution < -0.4 is 5.73 Å². The number of nitrogens with two attached hydrogens (primary N) is 1. The Balaban J connectivity index is 2.47. The number of aromatic nitrogens is 1. The first-order valence-electron chi connectivity index (χ1n) is 3.48. The first-order chi connectivity index (χ1) is 5.33. The van der Waals surface area contributed by atoms with E-state index >= 15 is 0 Å². The molecule has 1 aliphatic rings. The van der Waals surface area contributed by atoms with Crippen molar-refractivity contribution in [3.05, 3.63) is 11.3 Å². The lowest BCUT2D eigenvalue weighted by molar-refractivity contribution is 0.386. The molecule has 0 bridgehead atoms. The van der Waals surface area contributed by atoms with Gasteiger partial charge >= 0.3 is 0 Å². The molecule has 1 fully saturated rings. The minimum absolute atomic E-state index is 0.217. The quantitative estimate of drug-likeness (QED) is 0.646. The molecule has 2 N–H and O–H groups in total. The van der Waals surface area contributed by atoms with Crippen molar-refractivity contribution in [1.29, 1.82) is 5.26 Å². The zero-order valence-corrected chi connectivity index (χ0v) is 5.87. The van der Waals surface area contributed by atoms with Crippen molar-refractivity contribution in [2.24, 2.45) is 0 Å². The molecule has 11 heavy (non-hydrogen) atoms. The number of nitrogen functional groups attached to an aromatic ring is 1. The van der Waals surface area contributed by atoms with Gasteiger partial charge < -0.3 is 10.3 Å². The fraction of sp³-hybridized carbons (Fsp3) is 0.429. The second-order valence-electron chi connectivity index (χ2n) is 2.69. The molecule has 0 amide bonds. The molecular formula is C7H7N3O. The van der Waals surface area contributed by atoms with Crippen LogP contribution in [-0.2, 0) is 0 Å². The number of nitrogens with zero attached hydrogens (tertiary/aromatic N) is 2. The lowest BCUT2D eigenvalue weighted by Crippen LogP contribution is -1.88. The Morgan fingerprint density at radius 2 is 2.36 bits per heavy atom. The van der Waals surface area contributed by atoms with Crippen molar-refractivity contribution in [2.75, 3.05) is 5.73 Å². The van der Waals surface area contributed by atoms with Crippen LogP contribution >= 0.6 is 0 Å². The van der Waals surface area contributed by atoms with Gasteiger partial charge in [0.1, 0.15) is 11.6 Å². The Hall–Kier alpha value is -1.50. The van der Waals surface area contributed by atoms with Crippen LogP contribution in [0.2, 0.25) is 0 Å². The fourth-order valence-corrected chi connectivity index (χ4v) is 1.05. The topological polar surface area (TPSA) is 75.8 Å². The van der Waals surface area contributed by atoms with Crippen LogP contribution in [0.5, 0.6) is 0 Å². The highest BCUT2D eigenvalue weighted by Crippen LogP contribution is 2.42. The highest BCUT2D eigenvalue weighted by Gasteiger charge is 2.31. The van der Waals surface area contributed by atoms with Gasteiger partial charge in [0.05, 0.1) is 0 Å². The summed E-state index contributed by atoms with van der Waals surface area (Å²) in [5.41, 5.74) is 5.81. The molecule has 0 saturated heterocycles. The Kier molecular flexibility index (Phi) is 1.13. The zero-order valence-electron chi connectivity index (χ0n) is 5.87. The molecule has 0 spiro atoms. The average molecular weight is 149 g/mol. The first kappa shape index (κ1) is 6.23. The second kappa shape index (κ2) is 1.99. The Bertz CT molecular complexity index is 319. The van der Waals surface area contributed by atoms with Gasteiger partial charge in [-0.25, -0.2) is 0 Å². The normalized spacial score (nSPS) is 16.3. The summed E-state index contributed by atoms with van der Waals surface area (Å²) in [4.78, 5) is 0. The Labute approximate surface area is 63.6 Å². The van der Waals surface area contributed by atoms with E-state index in [9.17, 15) is 0 Å². The number of nitriles is 1. The molecule has 1 saturated carbocycles. The summed E-state index contributed by atoms with van der Waals surface area (Å²) >= 11 is 0. The summed E-state index contributed by atoms with van der Waals surface area (Å²) in [7, 11) is 0. The molecule has 1 heterocycles. The van der Waals surface area contributed by atoms with Gasteiger partial charge in [0, 0.05) is 5.92 Å². The maximum atomic E-state index is 8.63. The van der Waals surface area contributed by atoms with Gasteiger partial charge in [0.2, 0.25) is 0 Å². The van der Waals surface area contributed by atoms with Crippen molar-refractivity contribution in [1.82, 2.24) is 5.16 Å². The van der Waals surface area contributed by atoms with Crippen LogP contribution in [0.1, 0.15) is 30.1 Å². The third-order valence-corrected chi connectivity index (χ3v) is 1.80. The predicted molar refractivity (Wildman–Crippen MR) is 37.6 cm³/mol. The molecule has 2 rings (SSSR count). The number of hydrogen-bond donors (Lipinski definition) is 1. The average Bonchev–Trinajstić information content (AvgIpc) is 2.76. The van der Waals surface area contributed by atoms with E-state index in [1.807, 2.05) is 6.07 Å². The van der Waals surface area contributed by atoms with E-state index in [0.29, 0.717) is 17.2 Å². The smallest absolute Gasteiger partial charge is 0.185 e. The van der Waals surface area contributed by atoms with Gasteiger partial charge in [0.15, 0.2) is 11.6 Å². The molecule has 0 aromatic carbocycles. The monoisotopic (exact) mass is 149 g/mol. The molecule has 56 valence electrons. The van der Waals surface area contributed by atoms with E-state index in [1.165, 1.54) is 0 Å². The van der Waals surface area contributed by atoms with Gasteiger partial charge in [0.25, 0.3) is 0 Å². The lowest BCUT2D eigenvalue weighted by atomic mass is 10.2. The summed E-state index contributed by atoms with van der Waals surface area (Å²) in [5.74, 6) is 1.29. The predicted octanol–water partition coefficient (Wildman–Crippen LogP) is 1.01. The van der Waals surface area contributed by atoms with E-state index < -0.39 is 0 Å². The van der Waals surface area contributed by atoms with E-state index in [1.54, 1.807) is 0 Å². The molecule has 1 aromatic rings. The first-order valence-corrected chi connectivity index (χ1v) is 3.48. The van der Waals surface area contributed by atoms with Crippen LogP contribution in [0, 0.1) is 11.3 Å². The van der Waals surface area contributed by atoms with Gasteiger partial charge in [-0.2, -0.15) is 5.26 Å². The summed E-state index contributed by atoms with van der Waals surface area (Å²) in [6.07, 6.45) is 2.17. The van der Waals surface area contributed by atoms with Crippen molar-refractivity contribution in [2.45, 2.75) is 18.8 Å². The SMILES string of the molecule is N#Cc1c(N)noc1C1CC1. The van der Waals surface area contributed by atoms with Crippen LogP contribution in [0.15, 0.2) is 4.52 Å². The fourth-order valence-electron chi connectivity index (χ4n) is 1.05. The summed E-state index contributed by atoms with van der Waals surface area (Å²) in [6, 6.07) is 1.98. The summed E-state index contributed by atoms with van der Waals surface area (Å²) in [6.45, 7) is 0. The van der Waals surface area contributed by atoms with E-state index in [0.717, 1.165) is 12.8 Å². The van der Waals surface area contributed by atoms with Crippen LogP contribution in [0.25, 0.3) is 0 Å². The van der Waals surface area contributed by atoms with Crippen molar-refractivity contribution < 1.29 is 4.52 Å². The molecule has 0 unspecified atom stereocenters. The van der Waals surface area contributed by atoms with E-state index in [2.05, 4.69) is 5.16 Å². The second-order valence-corrected chi connectivity index (χ2v) is 2.69. The third-order valence-electron chi connectivity index (χ3n) is 1.80. The lowest BCUT2D eigenvalue weighted by Gasteiger charge is -1.85. The van der Waals surface area contributed by atoms with Gasteiger partial charge in [-0.3, -0.25) is 0 Å². The Morgan fingerprint density at radius 1 is 1.64 bits per heavy atom. The zero-order chi connectivity index (χ0) is 7.84. The minimum atomic E-state index is 0.217. The van der Waals surface area contributed by atoms with E-state index in [4.69, 9.17) is 15.5 Å². The standard InChI is InChI=1S/C7H7N3O/c8-3-5-6(4-1-2-4)11-10-7(5)9/h4H,1-2H2,(H2,9,10). The highest BCUT2D eigenvalue weighted by atomic mass is 16.5. The van der Waals surface area contributed by atoms with Crippen LogP contribution in [0.3, 0.4) is 0 Å². The molecule has 0 aliphatic heterocycles. The van der Waals surface area contributed by atoms with Gasteiger partial charge in [-0.1, -0.05) is 5.16 Å². The number of hydrogen-bond acceptors (Lipinski definition) is 4. The molecule has 1 aliphatic carbocycles. The number of rotatable bonds is 1. The largest absolute Gasteiger partial charge is 0.380 e. The Morgan fingerprint density at radius 3 is 2.91 bits per heavy atom. The third kappa shape index (κ3) is 0.855. The molecule has 0 atom stereocenters. The highest BCUT2D eigenvalue weighted by molar-refractivity contribution is 5.51. The summed E-state index contributed by atoms with van der Waals surface area (Å²) < 4.78 is 4.91. The van der Waals surface area contributed by atoms with Gasteiger partial charge in [-0.15, -0.1) is 0 Å². The van der Waals surface area contributed by atoms with Crippen LogP contribution in [-0.4, -0.2) is 5.16 Å². The number of anilines is 1.